The Morgan fingerprint density at radius 3 is 3.05 bits per heavy atom. The SMILES string of the molecule is CC1CCCN(CCCOc2c(F)cccc2Br)C1. The molecule has 1 aliphatic rings. The van der Waals surface area contributed by atoms with E-state index in [0.717, 1.165) is 18.9 Å². The van der Waals surface area contributed by atoms with E-state index in [1.807, 2.05) is 0 Å². The Bertz CT molecular complexity index is 393. The molecule has 0 bridgehead atoms. The Morgan fingerprint density at radius 2 is 2.32 bits per heavy atom. The van der Waals surface area contributed by atoms with Crippen molar-refractivity contribution in [3.63, 3.8) is 0 Å². The maximum atomic E-state index is 13.5. The fraction of sp³-hybridized carbons (Fsp3) is 0.600. The van der Waals surface area contributed by atoms with E-state index in [4.69, 9.17) is 4.74 Å². The molecule has 0 spiro atoms. The smallest absolute Gasteiger partial charge is 0.169 e. The van der Waals surface area contributed by atoms with Gasteiger partial charge in [-0.15, -0.1) is 0 Å². The highest BCUT2D eigenvalue weighted by molar-refractivity contribution is 9.10. The largest absolute Gasteiger partial charge is 0.489 e. The molecule has 1 atom stereocenters. The first-order valence-electron chi connectivity index (χ1n) is 6.96. The number of ether oxygens (including phenoxy) is 1. The summed E-state index contributed by atoms with van der Waals surface area (Å²) in [6.07, 6.45) is 3.57. The van der Waals surface area contributed by atoms with Gasteiger partial charge in [-0.3, -0.25) is 0 Å². The molecule has 1 unspecified atom stereocenters. The summed E-state index contributed by atoms with van der Waals surface area (Å²) in [5.41, 5.74) is 0. The first kappa shape index (κ1) is 14.8. The molecule has 0 saturated carbocycles. The summed E-state index contributed by atoms with van der Waals surface area (Å²) in [5, 5.41) is 0. The van der Waals surface area contributed by atoms with Gasteiger partial charge in [-0.25, -0.2) is 4.39 Å². The third-order valence-corrected chi connectivity index (χ3v) is 4.15. The number of rotatable bonds is 5. The number of likely N-dealkylation sites (tertiary alicyclic amines) is 1. The molecular formula is C15H21BrFNO. The first-order valence-corrected chi connectivity index (χ1v) is 7.75. The maximum Gasteiger partial charge on any atom is 0.169 e. The van der Waals surface area contributed by atoms with Crippen LogP contribution in [0.2, 0.25) is 0 Å². The van der Waals surface area contributed by atoms with Crippen molar-refractivity contribution >= 4 is 15.9 Å². The van der Waals surface area contributed by atoms with E-state index < -0.39 is 0 Å². The van der Waals surface area contributed by atoms with Crippen LogP contribution in [0.1, 0.15) is 26.2 Å². The van der Waals surface area contributed by atoms with E-state index >= 15 is 0 Å². The summed E-state index contributed by atoms with van der Waals surface area (Å²) in [6.45, 7) is 6.27. The second kappa shape index (κ2) is 7.25. The molecular weight excluding hydrogens is 309 g/mol. The molecule has 4 heteroatoms. The number of para-hydroxylation sites is 1. The third kappa shape index (κ3) is 4.46. The molecule has 0 aliphatic carbocycles. The molecule has 2 nitrogen and oxygen atoms in total. The zero-order valence-electron chi connectivity index (χ0n) is 11.4. The minimum absolute atomic E-state index is 0.305. The van der Waals surface area contributed by atoms with Crippen LogP contribution in [0, 0.1) is 11.7 Å². The lowest BCUT2D eigenvalue weighted by atomic mass is 10.0. The molecule has 1 aromatic rings. The molecule has 1 heterocycles. The van der Waals surface area contributed by atoms with Gasteiger partial charge in [0, 0.05) is 13.1 Å². The molecule has 0 amide bonds. The number of piperidine rings is 1. The lowest BCUT2D eigenvalue weighted by Gasteiger charge is -2.30. The van der Waals surface area contributed by atoms with Crippen LogP contribution >= 0.6 is 15.9 Å². The number of halogens is 2. The lowest BCUT2D eigenvalue weighted by Crippen LogP contribution is -2.35. The normalized spacial score (nSPS) is 20.5. The Morgan fingerprint density at radius 1 is 1.47 bits per heavy atom. The van der Waals surface area contributed by atoms with Crippen LogP contribution in [0.4, 0.5) is 4.39 Å². The van der Waals surface area contributed by atoms with Gasteiger partial charge in [-0.05, 0) is 59.8 Å². The average molecular weight is 330 g/mol. The molecule has 1 saturated heterocycles. The van der Waals surface area contributed by atoms with Crippen LogP contribution in [0.3, 0.4) is 0 Å². The quantitative estimate of drug-likeness (QED) is 0.754. The monoisotopic (exact) mass is 329 g/mol. The molecule has 1 aliphatic heterocycles. The zero-order chi connectivity index (χ0) is 13.7. The molecule has 0 N–H and O–H groups in total. The van der Waals surface area contributed by atoms with E-state index in [-0.39, 0.29) is 5.82 Å². The first-order chi connectivity index (χ1) is 9.16. The third-order valence-electron chi connectivity index (χ3n) is 3.53. The Kier molecular flexibility index (Phi) is 5.64. The van der Waals surface area contributed by atoms with E-state index in [0.29, 0.717) is 16.8 Å². The van der Waals surface area contributed by atoms with Crippen LogP contribution < -0.4 is 4.74 Å². The second-order valence-corrected chi connectivity index (χ2v) is 6.16. The van der Waals surface area contributed by atoms with Crippen molar-refractivity contribution in [2.24, 2.45) is 5.92 Å². The number of nitrogens with zero attached hydrogens (tertiary/aromatic N) is 1. The van der Waals surface area contributed by atoms with Crippen LogP contribution in [-0.4, -0.2) is 31.1 Å². The van der Waals surface area contributed by atoms with Gasteiger partial charge in [-0.2, -0.15) is 0 Å². The van der Waals surface area contributed by atoms with Crippen molar-refractivity contribution in [1.29, 1.82) is 0 Å². The van der Waals surface area contributed by atoms with Gasteiger partial charge in [0.1, 0.15) is 0 Å². The van der Waals surface area contributed by atoms with Crippen molar-refractivity contribution in [3.05, 3.63) is 28.5 Å². The highest BCUT2D eigenvalue weighted by atomic mass is 79.9. The molecule has 2 rings (SSSR count). The van der Waals surface area contributed by atoms with E-state index in [2.05, 4.69) is 27.8 Å². The summed E-state index contributed by atoms with van der Waals surface area (Å²) < 4.78 is 19.7. The van der Waals surface area contributed by atoms with Crippen molar-refractivity contribution in [3.8, 4) is 5.75 Å². The summed E-state index contributed by atoms with van der Waals surface area (Å²) in [5.74, 6) is 0.825. The van der Waals surface area contributed by atoms with Crippen molar-refractivity contribution in [2.45, 2.75) is 26.2 Å². The van der Waals surface area contributed by atoms with Crippen molar-refractivity contribution in [1.82, 2.24) is 4.90 Å². The summed E-state index contributed by atoms with van der Waals surface area (Å²) in [7, 11) is 0. The van der Waals surface area contributed by atoms with Gasteiger partial charge in [-0.1, -0.05) is 13.0 Å². The van der Waals surface area contributed by atoms with Crippen LogP contribution in [-0.2, 0) is 0 Å². The van der Waals surface area contributed by atoms with E-state index in [1.165, 1.54) is 32.0 Å². The number of hydrogen-bond donors (Lipinski definition) is 0. The topological polar surface area (TPSA) is 12.5 Å². The molecule has 19 heavy (non-hydrogen) atoms. The highest BCUT2D eigenvalue weighted by Crippen LogP contribution is 2.27. The van der Waals surface area contributed by atoms with Gasteiger partial charge < -0.3 is 9.64 Å². The Labute approximate surface area is 123 Å². The highest BCUT2D eigenvalue weighted by Gasteiger charge is 2.15. The van der Waals surface area contributed by atoms with Crippen LogP contribution in [0.5, 0.6) is 5.75 Å². The summed E-state index contributed by atoms with van der Waals surface area (Å²) >= 11 is 3.31. The van der Waals surface area contributed by atoms with Crippen LogP contribution in [0.25, 0.3) is 0 Å². The molecule has 1 fully saturated rings. The minimum Gasteiger partial charge on any atom is -0.489 e. The number of benzene rings is 1. The van der Waals surface area contributed by atoms with Crippen LogP contribution in [0.15, 0.2) is 22.7 Å². The van der Waals surface area contributed by atoms with Gasteiger partial charge in [0.15, 0.2) is 11.6 Å². The van der Waals surface area contributed by atoms with Gasteiger partial charge in [0.05, 0.1) is 11.1 Å². The predicted octanol–water partition coefficient (Wildman–Crippen LogP) is 4.09. The summed E-state index contributed by atoms with van der Waals surface area (Å²) in [4.78, 5) is 2.48. The van der Waals surface area contributed by atoms with Gasteiger partial charge in [0.2, 0.25) is 0 Å². The van der Waals surface area contributed by atoms with Crippen molar-refractivity contribution < 1.29 is 9.13 Å². The molecule has 0 radical (unpaired) electrons. The van der Waals surface area contributed by atoms with Crippen molar-refractivity contribution in [2.75, 3.05) is 26.2 Å². The Balaban J connectivity index is 1.72. The fourth-order valence-electron chi connectivity index (χ4n) is 2.57. The zero-order valence-corrected chi connectivity index (χ0v) is 13.0. The minimum atomic E-state index is -0.305. The average Bonchev–Trinajstić information content (AvgIpc) is 2.37. The maximum absolute atomic E-state index is 13.5. The molecule has 106 valence electrons. The fourth-order valence-corrected chi connectivity index (χ4v) is 3.03. The van der Waals surface area contributed by atoms with Gasteiger partial charge >= 0.3 is 0 Å². The number of hydrogen-bond acceptors (Lipinski definition) is 2. The van der Waals surface area contributed by atoms with E-state index in [1.54, 1.807) is 12.1 Å². The molecule has 1 aromatic carbocycles. The Hall–Kier alpha value is -0.610. The predicted molar refractivity (Wildman–Crippen MR) is 79.1 cm³/mol. The molecule has 0 aromatic heterocycles. The summed E-state index contributed by atoms with van der Waals surface area (Å²) in [6, 6.07) is 4.89. The van der Waals surface area contributed by atoms with E-state index in [9.17, 15) is 4.39 Å². The standard InChI is InChI=1S/C15H21BrFNO/c1-12-5-3-8-18(11-12)9-4-10-19-15-13(16)6-2-7-14(15)17/h2,6-7,12H,3-5,8-11H2,1H3. The van der Waals surface area contributed by atoms with Gasteiger partial charge in [0.25, 0.3) is 0 Å². The second-order valence-electron chi connectivity index (χ2n) is 5.30. The lowest BCUT2D eigenvalue weighted by molar-refractivity contribution is 0.169.